The second-order valence-corrected chi connectivity index (χ2v) is 5.57. The van der Waals surface area contributed by atoms with E-state index in [-0.39, 0.29) is 0 Å². The summed E-state index contributed by atoms with van der Waals surface area (Å²) in [5, 5.41) is 0. The number of anilines is 2. The van der Waals surface area contributed by atoms with Crippen LogP contribution in [0.1, 0.15) is 5.56 Å². The van der Waals surface area contributed by atoms with E-state index in [1.807, 2.05) is 36.4 Å². The molecule has 0 bridgehead atoms. The Morgan fingerprint density at radius 3 is 2.38 bits per heavy atom. The summed E-state index contributed by atoms with van der Waals surface area (Å²) in [6, 6.07) is 16.7. The topological polar surface area (TPSA) is 3.24 Å². The third-order valence-corrected chi connectivity index (χ3v) is 3.39. The van der Waals surface area contributed by atoms with Gasteiger partial charge in [-0.15, -0.1) is 0 Å². The van der Waals surface area contributed by atoms with Gasteiger partial charge in [-0.05, 0) is 48.9 Å². The normalized spacial score (nSPS) is 11.1. The fraction of sp³-hybridized carbons (Fsp3) is 0.0526. The van der Waals surface area contributed by atoms with Crippen molar-refractivity contribution in [3.05, 3.63) is 95.7 Å². The number of benzene rings is 2. The van der Waals surface area contributed by atoms with Gasteiger partial charge in [0, 0.05) is 22.0 Å². The molecule has 0 spiro atoms. The molecule has 2 rings (SSSR count). The molecule has 2 heteroatoms. The number of allylic oxidation sites excluding steroid dienone is 4. The van der Waals surface area contributed by atoms with Gasteiger partial charge < -0.3 is 4.90 Å². The summed E-state index contributed by atoms with van der Waals surface area (Å²) in [5.74, 6) is 0. The minimum atomic E-state index is 1.08. The van der Waals surface area contributed by atoms with Crippen LogP contribution in [-0.4, -0.2) is 0 Å². The lowest BCUT2D eigenvalue weighted by atomic mass is 10.2. The number of halogens is 1. The monoisotopic (exact) mass is 339 g/mol. The maximum atomic E-state index is 3.68. The summed E-state index contributed by atoms with van der Waals surface area (Å²) < 4.78 is 1.08. The van der Waals surface area contributed by atoms with Crippen LogP contribution in [0.4, 0.5) is 11.4 Å². The molecule has 106 valence electrons. The highest BCUT2D eigenvalue weighted by Gasteiger charge is 2.07. The lowest BCUT2D eigenvalue weighted by molar-refractivity contribution is 1.26. The van der Waals surface area contributed by atoms with Crippen molar-refractivity contribution in [2.75, 3.05) is 4.90 Å². The first-order chi connectivity index (χ1) is 10.2. The van der Waals surface area contributed by atoms with Crippen molar-refractivity contribution in [2.45, 2.75) is 6.92 Å². The number of hydrogen-bond donors (Lipinski definition) is 0. The summed E-state index contributed by atoms with van der Waals surface area (Å²) in [7, 11) is 0. The predicted octanol–water partition coefficient (Wildman–Crippen LogP) is 6.15. The van der Waals surface area contributed by atoms with Crippen molar-refractivity contribution in [1.29, 1.82) is 0 Å². The van der Waals surface area contributed by atoms with E-state index in [0.717, 1.165) is 15.8 Å². The van der Waals surface area contributed by atoms with E-state index in [1.54, 1.807) is 6.08 Å². The Hall–Kier alpha value is -2.06. The van der Waals surface area contributed by atoms with Gasteiger partial charge in [0.05, 0.1) is 0 Å². The van der Waals surface area contributed by atoms with E-state index in [4.69, 9.17) is 0 Å². The van der Waals surface area contributed by atoms with E-state index in [9.17, 15) is 0 Å². The largest absolute Gasteiger partial charge is 0.317 e. The molecule has 0 heterocycles. The minimum Gasteiger partial charge on any atom is -0.317 e. The molecule has 2 aromatic carbocycles. The predicted molar refractivity (Wildman–Crippen MR) is 95.9 cm³/mol. The van der Waals surface area contributed by atoms with E-state index >= 15 is 0 Å². The van der Waals surface area contributed by atoms with Crippen LogP contribution in [0.2, 0.25) is 0 Å². The minimum absolute atomic E-state index is 1.08. The maximum Gasteiger partial charge on any atom is 0.0469 e. The fourth-order valence-electron chi connectivity index (χ4n) is 2.04. The molecular weight excluding hydrogens is 322 g/mol. The first kappa shape index (κ1) is 15.3. The highest BCUT2D eigenvalue weighted by Crippen LogP contribution is 2.29. The van der Waals surface area contributed by atoms with Crippen LogP contribution in [0.5, 0.6) is 0 Å². The van der Waals surface area contributed by atoms with Gasteiger partial charge in [0.2, 0.25) is 0 Å². The average molecular weight is 340 g/mol. The Kier molecular flexibility index (Phi) is 5.59. The zero-order valence-corrected chi connectivity index (χ0v) is 13.6. The molecule has 0 amide bonds. The fourth-order valence-corrected chi connectivity index (χ4v) is 2.64. The van der Waals surface area contributed by atoms with E-state index in [0.29, 0.717) is 0 Å². The third-order valence-electron chi connectivity index (χ3n) is 2.93. The molecule has 0 atom stereocenters. The SMILES string of the molecule is C=C/C=C\C=C/N(c1ccccc1)c1cc(C)cc(Br)c1. The van der Waals surface area contributed by atoms with Crippen LogP contribution >= 0.6 is 15.9 Å². The summed E-state index contributed by atoms with van der Waals surface area (Å²) in [5.41, 5.74) is 3.46. The molecule has 21 heavy (non-hydrogen) atoms. The van der Waals surface area contributed by atoms with Gasteiger partial charge in [-0.25, -0.2) is 0 Å². The molecule has 0 saturated carbocycles. The van der Waals surface area contributed by atoms with Crippen LogP contribution in [-0.2, 0) is 0 Å². The second kappa shape index (κ2) is 7.65. The van der Waals surface area contributed by atoms with Crippen LogP contribution in [0, 0.1) is 6.92 Å². The lowest BCUT2D eigenvalue weighted by Crippen LogP contribution is -2.08. The molecule has 0 fully saturated rings. The van der Waals surface area contributed by atoms with Crippen molar-refractivity contribution >= 4 is 27.3 Å². The zero-order chi connectivity index (χ0) is 15.1. The number of nitrogens with zero attached hydrogens (tertiary/aromatic N) is 1. The summed E-state index contributed by atoms with van der Waals surface area (Å²) in [6.07, 6.45) is 9.70. The summed E-state index contributed by atoms with van der Waals surface area (Å²) >= 11 is 3.57. The van der Waals surface area contributed by atoms with E-state index in [2.05, 4.69) is 70.9 Å². The van der Waals surface area contributed by atoms with Crippen LogP contribution < -0.4 is 4.90 Å². The van der Waals surface area contributed by atoms with Gasteiger partial charge in [-0.1, -0.05) is 58.9 Å². The molecule has 0 N–H and O–H groups in total. The first-order valence-electron chi connectivity index (χ1n) is 6.78. The van der Waals surface area contributed by atoms with Gasteiger partial charge in [0.15, 0.2) is 0 Å². The summed E-state index contributed by atoms with van der Waals surface area (Å²) in [4.78, 5) is 2.16. The molecule has 1 nitrogen and oxygen atoms in total. The molecule has 0 unspecified atom stereocenters. The van der Waals surface area contributed by atoms with Gasteiger partial charge in [-0.3, -0.25) is 0 Å². The zero-order valence-electron chi connectivity index (χ0n) is 12.0. The first-order valence-corrected chi connectivity index (χ1v) is 7.57. The third kappa shape index (κ3) is 4.47. The van der Waals surface area contributed by atoms with Crippen molar-refractivity contribution in [1.82, 2.24) is 0 Å². The molecule has 0 aliphatic rings. The van der Waals surface area contributed by atoms with E-state index < -0.39 is 0 Å². The molecule has 0 saturated heterocycles. The Bertz CT molecular complexity index is 636. The molecular formula is C19H18BrN. The van der Waals surface area contributed by atoms with Crippen LogP contribution in [0.25, 0.3) is 0 Å². The number of rotatable bonds is 5. The van der Waals surface area contributed by atoms with Crippen LogP contribution in [0.15, 0.2) is 90.1 Å². The Balaban J connectivity index is 2.42. The Labute approximate surface area is 135 Å². The standard InChI is InChI=1S/C19H18BrN/c1-3-4-5-9-12-21(18-10-7-6-8-11-18)19-14-16(2)13-17(20)15-19/h3-15H,1H2,2H3/b5-4-,12-9-. The van der Waals surface area contributed by atoms with Gasteiger partial charge in [0.1, 0.15) is 0 Å². The van der Waals surface area contributed by atoms with E-state index in [1.165, 1.54) is 5.56 Å². The van der Waals surface area contributed by atoms with Crippen molar-refractivity contribution in [3.63, 3.8) is 0 Å². The van der Waals surface area contributed by atoms with Crippen molar-refractivity contribution < 1.29 is 0 Å². The molecule has 0 aliphatic carbocycles. The maximum absolute atomic E-state index is 3.68. The summed E-state index contributed by atoms with van der Waals surface area (Å²) in [6.45, 7) is 5.77. The van der Waals surface area contributed by atoms with Gasteiger partial charge in [0.25, 0.3) is 0 Å². The van der Waals surface area contributed by atoms with Crippen molar-refractivity contribution in [3.8, 4) is 0 Å². The van der Waals surface area contributed by atoms with Crippen molar-refractivity contribution in [2.24, 2.45) is 0 Å². The molecule has 2 aromatic rings. The highest BCUT2D eigenvalue weighted by molar-refractivity contribution is 9.10. The number of para-hydroxylation sites is 1. The molecule has 0 aromatic heterocycles. The molecule has 0 aliphatic heterocycles. The van der Waals surface area contributed by atoms with Crippen LogP contribution in [0.3, 0.4) is 0 Å². The Morgan fingerprint density at radius 1 is 0.952 bits per heavy atom. The van der Waals surface area contributed by atoms with Gasteiger partial charge in [-0.2, -0.15) is 0 Å². The lowest BCUT2D eigenvalue weighted by Gasteiger charge is -2.21. The second-order valence-electron chi connectivity index (χ2n) is 4.65. The number of hydrogen-bond acceptors (Lipinski definition) is 1. The Morgan fingerprint density at radius 2 is 1.71 bits per heavy atom. The smallest absolute Gasteiger partial charge is 0.0469 e. The quantitative estimate of drug-likeness (QED) is 0.590. The molecule has 0 radical (unpaired) electrons. The highest BCUT2D eigenvalue weighted by atomic mass is 79.9. The number of aryl methyl sites for hydroxylation is 1. The average Bonchev–Trinajstić information content (AvgIpc) is 2.47. The van der Waals surface area contributed by atoms with Gasteiger partial charge >= 0.3 is 0 Å².